The van der Waals surface area contributed by atoms with E-state index in [1.165, 1.54) is 50.7 Å². The van der Waals surface area contributed by atoms with Crippen LogP contribution in [0.5, 0.6) is 0 Å². The third-order valence-electron chi connectivity index (χ3n) is 7.17. The number of hydrogen-bond donors (Lipinski definition) is 2. The van der Waals surface area contributed by atoms with Gasteiger partial charge in [-0.05, 0) is 107 Å². The highest BCUT2D eigenvalue weighted by Crippen LogP contribution is 2.61. The predicted molar refractivity (Wildman–Crippen MR) is 109 cm³/mol. The Labute approximate surface area is 168 Å². The zero-order chi connectivity index (χ0) is 20.1. The van der Waals surface area contributed by atoms with Crippen molar-refractivity contribution in [3.05, 3.63) is 29.8 Å². The molecular formula is C22H32N2O3S. The van der Waals surface area contributed by atoms with Crippen molar-refractivity contribution in [1.82, 2.24) is 10.0 Å². The van der Waals surface area contributed by atoms with Gasteiger partial charge in [0.2, 0.25) is 10.0 Å². The predicted octanol–water partition coefficient (Wildman–Crippen LogP) is 3.71. The zero-order valence-corrected chi connectivity index (χ0v) is 17.9. The van der Waals surface area contributed by atoms with Crippen LogP contribution in [0.15, 0.2) is 29.2 Å². The molecule has 0 spiro atoms. The minimum atomic E-state index is -3.54. The summed E-state index contributed by atoms with van der Waals surface area (Å²) in [6.07, 6.45) is 7.91. The third-order valence-corrected chi connectivity index (χ3v) is 8.84. The summed E-state index contributed by atoms with van der Waals surface area (Å²) in [5.74, 6) is 2.44. The summed E-state index contributed by atoms with van der Waals surface area (Å²) >= 11 is 0. The number of nitrogens with one attached hydrogen (secondary N) is 2. The van der Waals surface area contributed by atoms with Crippen LogP contribution in [0, 0.1) is 23.2 Å². The van der Waals surface area contributed by atoms with Crippen molar-refractivity contribution in [3.63, 3.8) is 0 Å². The highest BCUT2D eigenvalue weighted by Gasteiger charge is 2.53. The van der Waals surface area contributed by atoms with E-state index in [4.69, 9.17) is 0 Å². The molecule has 0 radical (unpaired) electrons. The maximum Gasteiger partial charge on any atom is 0.251 e. The molecular weight excluding hydrogens is 372 g/mol. The molecule has 6 heteroatoms. The second kappa shape index (κ2) is 7.13. The van der Waals surface area contributed by atoms with Crippen LogP contribution in [0.4, 0.5) is 0 Å². The molecule has 1 aromatic carbocycles. The van der Waals surface area contributed by atoms with Crippen LogP contribution in [0.2, 0.25) is 0 Å². The molecule has 2 N–H and O–H groups in total. The molecule has 5 rings (SSSR count). The van der Waals surface area contributed by atoms with Gasteiger partial charge in [0, 0.05) is 17.6 Å². The minimum absolute atomic E-state index is 0.107. The molecule has 1 unspecified atom stereocenters. The largest absolute Gasteiger partial charge is 0.349 e. The van der Waals surface area contributed by atoms with Gasteiger partial charge in [-0.1, -0.05) is 0 Å². The van der Waals surface area contributed by atoms with Crippen molar-refractivity contribution < 1.29 is 13.2 Å². The van der Waals surface area contributed by atoms with Crippen LogP contribution in [0.25, 0.3) is 0 Å². The van der Waals surface area contributed by atoms with Crippen molar-refractivity contribution in [1.29, 1.82) is 0 Å². The van der Waals surface area contributed by atoms with E-state index in [0.717, 1.165) is 17.8 Å². The minimum Gasteiger partial charge on any atom is -0.349 e. The van der Waals surface area contributed by atoms with Gasteiger partial charge in [-0.3, -0.25) is 4.79 Å². The Kier molecular flexibility index (Phi) is 5.07. The Morgan fingerprint density at radius 3 is 1.93 bits per heavy atom. The molecule has 4 bridgehead atoms. The zero-order valence-electron chi connectivity index (χ0n) is 17.1. The second-order valence-corrected chi connectivity index (χ2v) is 11.5. The monoisotopic (exact) mass is 404 g/mol. The van der Waals surface area contributed by atoms with Gasteiger partial charge >= 0.3 is 0 Å². The van der Waals surface area contributed by atoms with Crippen LogP contribution in [-0.4, -0.2) is 26.4 Å². The maximum atomic E-state index is 12.8. The molecule has 154 valence electrons. The number of sulfonamides is 1. The van der Waals surface area contributed by atoms with Gasteiger partial charge in [-0.25, -0.2) is 13.1 Å². The summed E-state index contributed by atoms with van der Waals surface area (Å²) in [6.45, 7) is 5.73. The SMILES string of the molecule is CC(C)NS(=O)(=O)c1ccc(C(=O)NC(C)C23CC4CC(CC(C4)C2)C3)cc1. The van der Waals surface area contributed by atoms with Gasteiger partial charge in [0.15, 0.2) is 0 Å². The van der Waals surface area contributed by atoms with Gasteiger partial charge in [0.05, 0.1) is 4.90 Å². The Bertz CT molecular complexity index is 810. The lowest BCUT2D eigenvalue weighted by molar-refractivity contribution is -0.0688. The second-order valence-electron chi connectivity index (χ2n) is 9.78. The quantitative estimate of drug-likeness (QED) is 0.759. The molecule has 0 aromatic heterocycles. The Hall–Kier alpha value is -1.40. The van der Waals surface area contributed by atoms with Crippen molar-refractivity contribution in [2.24, 2.45) is 23.2 Å². The molecule has 4 aliphatic carbocycles. The first-order valence-electron chi connectivity index (χ1n) is 10.6. The van der Waals surface area contributed by atoms with E-state index in [1.54, 1.807) is 26.0 Å². The van der Waals surface area contributed by atoms with E-state index in [9.17, 15) is 13.2 Å². The first-order valence-corrected chi connectivity index (χ1v) is 12.1. The lowest BCUT2D eigenvalue weighted by Crippen LogP contribution is -2.55. The Morgan fingerprint density at radius 2 is 1.46 bits per heavy atom. The molecule has 28 heavy (non-hydrogen) atoms. The van der Waals surface area contributed by atoms with Gasteiger partial charge < -0.3 is 5.32 Å². The maximum absolute atomic E-state index is 12.8. The van der Waals surface area contributed by atoms with Crippen LogP contribution < -0.4 is 10.0 Å². The first-order chi connectivity index (χ1) is 13.2. The van der Waals surface area contributed by atoms with Crippen molar-refractivity contribution in [2.45, 2.75) is 76.3 Å². The van der Waals surface area contributed by atoms with E-state index < -0.39 is 10.0 Å². The molecule has 1 amide bonds. The summed E-state index contributed by atoms with van der Waals surface area (Å²) in [5, 5.41) is 3.24. The van der Waals surface area contributed by atoms with Gasteiger partial charge in [-0.2, -0.15) is 0 Å². The van der Waals surface area contributed by atoms with E-state index in [2.05, 4.69) is 17.0 Å². The lowest BCUT2D eigenvalue weighted by atomic mass is 9.48. The summed E-state index contributed by atoms with van der Waals surface area (Å²) in [5.41, 5.74) is 0.773. The number of carbonyl (C=O) groups is 1. The summed E-state index contributed by atoms with van der Waals surface area (Å²) in [4.78, 5) is 13.0. The molecule has 1 atom stereocenters. The summed E-state index contributed by atoms with van der Waals surface area (Å²) in [6, 6.07) is 6.21. The molecule has 4 aliphatic rings. The van der Waals surface area contributed by atoms with Crippen LogP contribution >= 0.6 is 0 Å². The highest BCUT2D eigenvalue weighted by molar-refractivity contribution is 7.89. The lowest BCUT2D eigenvalue weighted by Gasteiger charge is -2.59. The standard InChI is InChI=1S/C22H32N2O3S/c1-14(2)24-28(26,27)20-6-4-19(5-7-20)21(25)23-15(3)22-11-16-8-17(12-22)10-18(9-16)13-22/h4-7,14-18,24H,8-13H2,1-3H3,(H,23,25). The number of amides is 1. The van der Waals surface area contributed by atoms with Gasteiger partial charge in [0.25, 0.3) is 5.91 Å². The van der Waals surface area contributed by atoms with Crippen molar-refractivity contribution in [2.75, 3.05) is 0 Å². The average molecular weight is 405 g/mol. The molecule has 0 heterocycles. The van der Waals surface area contributed by atoms with E-state index in [-0.39, 0.29) is 28.3 Å². The molecule has 1 aromatic rings. The molecule has 5 nitrogen and oxygen atoms in total. The number of hydrogen-bond acceptors (Lipinski definition) is 3. The van der Waals surface area contributed by atoms with Crippen molar-refractivity contribution >= 4 is 15.9 Å². The first kappa shape index (κ1) is 19.9. The van der Waals surface area contributed by atoms with Crippen molar-refractivity contribution in [3.8, 4) is 0 Å². The number of benzene rings is 1. The topological polar surface area (TPSA) is 75.3 Å². The van der Waals surface area contributed by atoms with E-state index >= 15 is 0 Å². The van der Waals surface area contributed by atoms with Gasteiger partial charge in [0.1, 0.15) is 0 Å². The Morgan fingerprint density at radius 1 is 0.964 bits per heavy atom. The summed E-state index contributed by atoms with van der Waals surface area (Å²) in [7, 11) is -3.54. The summed E-state index contributed by atoms with van der Waals surface area (Å²) < 4.78 is 27.1. The van der Waals surface area contributed by atoms with Gasteiger partial charge in [-0.15, -0.1) is 0 Å². The van der Waals surface area contributed by atoms with Crippen LogP contribution in [0.3, 0.4) is 0 Å². The smallest absolute Gasteiger partial charge is 0.251 e. The molecule has 4 saturated carbocycles. The van der Waals surface area contributed by atoms with E-state index in [0.29, 0.717) is 5.56 Å². The number of rotatable bonds is 6. The van der Waals surface area contributed by atoms with E-state index in [1.807, 2.05) is 0 Å². The molecule has 0 saturated heterocycles. The normalized spacial score (nSPS) is 32.5. The third kappa shape index (κ3) is 3.73. The Balaban J connectivity index is 1.44. The average Bonchev–Trinajstić information content (AvgIpc) is 2.59. The fraction of sp³-hybridized carbons (Fsp3) is 0.682. The highest BCUT2D eigenvalue weighted by atomic mass is 32.2. The van der Waals surface area contributed by atoms with Crippen LogP contribution in [-0.2, 0) is 10.0 Å². The molecule has 0 aliphatic heterocycles. The van der Waals surface area contributed by atoms with Crippen LogP contribution in [0.1, 0.15) is 69.7 Å². The molecule has 4 fully saturated rings. The fourth-order valence-corrected chi connectivity index (χ4v) is 7.56. The fourth-order valence-electron chi connectivity index (χ4n) is 6.30. The number of carbonyl (C=O) groups excluding carboxylic acids is 1.